The minimum atomic E-state index is 0.654. The maximum Gasteiger partial charge on any atom is 0.150 e. The summed E-state index contributed by atoms with van der Waals surface area (Å²) in [6.45, 7) is 3.37. The molecule has 92 valence electrons. The number of rotatable bonds is 5. The topological polar surface area (TPSA) is 26.3 Å². The van der Waals surface area contributed by atoms with Crippen LogP contribution in [0.3, 0.4) is 0 Å². The van der Waals surface area contributed by atoms with Crippen LogP contribution in [0, 0.1) is 0 Å². The Morgan fingerprint density at radius 2 is 1.50 bits per heavy atom. The number of carbonyl (C=O) groups excluding carboxylic acids is 1. The van der Waals surface area contributed by atoms with Gasteiger partial charge in [0.05, 0.1) is 6.61 Å². The quantitative estimate of drug-likeness (QED) is 0.745. The Bertz CT molecular complexity index is 498. The van der Waals surface area contributed by atoms with E-state index in [4.69, 9.17) is 4.74 Å². The van der Waals surface area contributed by atoms with Gasteiger partial charge in [0.2, 0.25) is 0 Å². The molecule has 0 N–H and O–H groups in total. The van der Waals surface area contributed by atoms with Gasteiger partial charge in [-0.1, -0.05) is 48.5 Å². The van der Waals surface area contributed by atoms with Crippen molar-refractivity contribution >= 4 is 6.29 Å². The minimum absolute atomic E-state index is 0.654. The van der Waals surface area contributed by atoms with Crippen molar-refractivity contribution in [3.63, 3.8) is 0 Å². The Hall–Kier alpha value is -1.93. The molecule has 2 rings (SSSR count). The molecule has 0 fully saturated rings. The van der Waals surface area contributed by atoms with E-state index in [0.29, 0.717) is 12.2 Å². The highest BCUT2D eigenvalue weighted by Crippen LogP contribution is 2.20. The van der Waals surface area contributed by atoms with Gasteiger partial charge in [0.15, 0.2) is 0 Å². The van der Waals surface area contributed by atoms with Crippen LogP contribution in [0.4, 0.5) is 0 Å². The monoisotopic (exact) mass is 240 g/mol. The Morgan fingerprint density at radius 1 is 0.944 bits per heavy atom. The highest BCUT2D eigenvalue weighted by Gasteiger charge is 1.98. The molecule has 0 aliphatic rings. The molecule has 0 aliphatic carbocycles. The van der Waals surface area contributed by atoms with E-state index in [9.17, 15) is 4.79 Å². The van der Waals surface area contributed by atoms with Gasteiger partial charge in [0.1, 0.15) is 6.29 Å². The highest BCUT2D eigenvalue weighted by atomic mass is 16.5. The Balaban J connectivity index is 2.14. The fourth-order valence-electron chi connectivity index (χ4n) is 1.77. The molecule has 2 heteroatoms. The Morgan fingerprint density at radius 3 is 2.00 bits per heavy atom. The van der Waals surface area contributed by atoms with Gasteiger partial charge in [-0.25, -0.2) is 0 Å². The van der Waals surface area contributed by atoms with Crippen LogP contribution in [0.1, 0.15) is 22.8 Å². The van der Waals surface area contributed by atoms with E-state index in [0.717, 1.165) is 24.0 Å². The van der Waals surface area contributed by atoms with Crippen LogP contribution in [0.5, 0.6) is 0 Å². The normalized spacial score (nSPS) is 10.3. The fraction of sp³-hybridized carbons (Fsp3) is 0.188. The van der Waals surface area contributed by atoms with Gasteiger partial charge in [-0.05, 0) is 23.6 Å². The molecule has 18 heavy (non-hydrogen) atoms. The summed E-state index contributed by atoms with van der Waals surface area (Å²) in [5.74, 6) is 0. The van der Waals surface area contributed by atoms with Gasteiger partial charge < -0.3 is 4.74 Å². The third-order valence-electron chi connectivity index (χ3n) is 2.81. The molecule has 0 aliphatic heterocycles. The summed E-state index contributed by atoms with van der Waals surface area (Å²) in [6.07, 6.45) is 0.856. The zero-order chi connectivity index (χ0) is 12.8. The van der Waals surface area contributed by atoms with Crippen molar-refractivity contribution in [2.75, 3.05) is 6.61 Å². The van der Waals surface area contributed by atoms with E-state index < -0.39 is 0 Å². The fourth-order valence-corrected chi connectivity index (χ4v) is 1.77. The molecule has 0 radical (unpaired) electrons. The third kappa shape index (κ3) is 3.05. The van der Waals surface area contributed by atoms with Gasteiger partial charge in [-0.15, -0.1) is 0 Å². The van der Waals surface area contributed by atoms with Crippen LogP contribution in [0.25, 0.3) is 11.1 Å². The van der Waals surface area contributed by atoms with Crippen molar-refractivity contribution in [1.29, 1.82) is 0 Å². The standard InChI is InChI=1S/C16H16O2/c1-2-18-12-14-5-9-16(10-6-14)15-7-3-13(11-17)4-8-15/h3-11H,2,12H2,1H3. The van der Waals surface area contributed by atoms with Gasteiger partial charge in [0.25, 0.3) is 0 Å². The molecule has 0 spiro atoms. The number of carbonyl (C=O) groups is 1. The Kier molecular flexibility index (Phi) is 4.26. The van der Waals surface area contributed by atoms with Crippen LogP contribution in [-0.2, 0) is 11.3 Å². The van der Waals surface area contributed by atoms with Gasteiger partial charge in [-0.2, -0.15) is 0 Å². The molecule has 2 nitrogen and oxygen atoms in total. The van der Waals surface area contributed by atoms with E-state index in [-0.39, 0.29) is 0 Å². The molecule has 0 aromatic heterocycles. The third-order valence-corrected chi connectivity index (χ3v) is 2.81. The number of aldehydes is 1. The molecule has 0 unspecified atom stereocenters. The summed E-state index contributed by atoms with van der Waals surface area (Å²) in [6, 6.07) is 15.9. The van der Waals surface area contributed by atoms with Crippen molar-refractivity contribution in [2.45, 2.75) is 13.5 Å². The van der Waals surface area contributed by atoms with E-state index in [2.05, 4.69) is 24.3 Å². The minimum Gasteiger partial charge on any atom is -0.377 e. The SMILES string of the molecule is CCOCc1ccc(-c2ccc(C=O)cc2)cc1. The first kappa shape index (κ1) is 12.5. The molecular formula is C16H16O2. The van der Waals surface area contributed by atoms with Gasteiger partial charge in [0, 0.05) is 12.2 Å². The van der Waals surface area contributed by atoms with Crippen molar-refractivity contribution in [3.05, 3.63) is 59.7 Å². The smallest absolute Gasteiger partial charge is 0.150 e. The maximum absolute atomic E-state index is 10.6. The van der Waals surface area contributed by atoms with Crippen molar-refractivity contribution in [3.8, 4) is 11.1 Å². The predicted molar refractivity (Wildman–Crippen MR) is 72.6 cm³/mol. The van der Waals surface area contributed by atoms with E-state index in [1.165, 1.54) is 5.56 Å². The second kappa shape index (κ2) is 6.12. The number of ether oxygens (including phenoxy) is 1. The van der Waals surface area contributed by atoms with Crippen LogP contribution in [-0.4, -0.2) is 12.9 Å². The molecule has 0 saturated heterocycles. The second-order valence-corrected chi connectivity index (χ2v) is 4.07. The Labute approximate surface area is 107 Å². The highest BCUT2D eigenvalue weighted by molar-refractivity contribution is 5.76. The first-order valence-corrected chi connectivity index (χ1v) is 6.06. The van der Waals surface area contributed by atoms with Crippen LogP contribution < -0.4 is 0 Å². The predicted octanol–water partition coefficient (Wildman–Crippen LogP) is 3.70. The zero-order valence-corrected chi connectivity index (χ0v) is 10.4. The van der Waals surface area contributed by atoms with Gasteiger partial charge in [-0.3, -0.25) is 4.79 Å². The van der Waals surface area contributed by atoms with Crippen LogP contribution in [0.15, 0.2) is 48.5 Å². The number of hydrogen-bond donors (Lipinski definition) is 0. The molecule has 0 bridgehead atoms. The summed E-state index contributed by atoms with van der Waals surface area (Å²) in [4.78, 5) is 10.6. The molecular weight excluding hydrogens is 224 g/mol. The van der Waals surface area contributed by atoms with E-state index in [1.807, 2.05) is 31.2 Å². The molecule has 0 heterocycles. The first-order valence-electron chi connectivity index (χ1n) is 6.06. The van der Waals surface area contributed by atoms with E-state index in [1.54, 1.807) is 0 Å². The van der Waals surface area contributed by atoms with Crippen molar-refractivity contribution in [1.82, 2.24) is 0 Å². The van der Waals surface area contributed by atoms with Gasteiger partial charge >= 0.3 is 0 Å². The summed E-state index contributed by atoms with van der Waals surface area (Å²) in [5, 5.41) is 0. The lowest BCUT2D eigenvalue weighted by atomic mass is 10.0. The van der Waals surface area contributed by atoms with Crippen molar-refractivity contribution < 1.29 is 9.53 Å². The van der Waals surface area contributed by atoms with Crippen molar-refractivity contribution in [2.24, 2.45) is 0 Å². The average molecular weight is 240 g/mol. The molecule has 2 aromatic carbocycles. The number of benzene rings is 2. The zero-order valence-electron chi connectivity index (χ0n) is 10.4. The lowest BCUT2D eigenvalue weighted by molar-refractivity contribution is 0.112. The summed E-state index contributed by atoms with van der Waals surface area (Å²) in [7, 11) is 0. The lowest BCUT2D eigenvalue weighted by Gasteiger charge is -2.05. The molecule has 0 atom stereocenters. The summed E-state index contributed by atoms with van der Waals surface area (Å²) >= 11 is 0. The average Bonchev–Trinajstić information content (AvgIpc) is 2.46. The van der Waals surface area contributed by atoms with E-state index >= 15 is 0 Å². The molecule has 0 saturated carbocycles. The maximum atomic E-state index is 10.6. The van der Waals surface area contributed by atoms with Crippen LogP contribution >= 0.6 is 0 Å². The molecule has 2 aromatic rings. The first-order chi connectivity index (χ1) is 8.83. The largest absolute Gasteiger partial charge is 0.377 e. The summed E-state index contributed by atoms with van der Waals surface area (Å²) in [5.41, 5.74) is 4.13. The summed E-state index contributed by atoms with van der Waals surface area (Å²) < 4.78 is 5.36. The molecule has 0 amide bonds. The number of hydrogen-bond acceptors (Lipinski definition) is 2. The second-order valence-electron chi connectivity index (χ2n) is 4.07. The van der Waals surface area contributed by atoms with Crippen LogP contribution in [0.2, 0.25) is 0 Å². The lowest BCUT2D eigenvalue weighted by Crippen LogP contribution is -1.91.